The van der Waals surface area contributed by atoms with Gasteiger partial charge in [-0.2, -0.15) is 0 Å². The molecule has 1 aromatic carbocycles. The lowest BCUT2D eigenvalue weighted by Crippen LogP contribution is -2.12. The van der Waals surface area contributed by atoms with Gasteiger partial charge in [-0.1, -0.05) is 19.9 Å². The molecule has 0 saturated heterocycles. The highest BCUT2D eigenvalue weighted by atomic mass is 16.5. The number of nitrogens with zero attached hydrogens (tertiary/aromatic N) is 2. The van der Waals surface area contributed by atoms with Crippen LogP contribution < -0.4 is 4.74 Å². The Morgan fingerprint density at radius 1 is 1.38 bits per heavy atom. The maximum Gasteiger partial charge on any atom is 0.151 e. The summed E-state index contributed by atoms with van der Waals surface area (Å²) >= 11 is 0. The average Bonchev–Trinajstić information content (AvgIpc) is 2.76. The van der Waals surface area contributed by atoms with E-state index >= 15 is 0 Å². The summed E-state index contributed by atoms with van der Waals surface area (Å²) in [6.45, 7) is 4.93. The van der Waals surface area contributed by atoms with E-state index in [9.17, 15) is 0 Å². The van der Waals surface area contributed by atoms with Crippen LogP contribution in [0.4, 0.5) is 0 Å². The molecule has 3 heteroatoms. The van der Waals surface area contributed by atoms with Crippen LogP contribution in [-0.2, 0) is 6.61 Å². The number of benzene rings is 1. The van der Waals surface area contributed by atoms with Crippen LogP contribution >= 0.6 is 0 Å². The van der Waals surface area contributed by atoms with Crippen LogP contribution in [0.5, 0.6) is 5.75 Å². The van der Waals surface area contributed by atoms with Gasteiger partial charge in [0.05, 0.1) is 5.69 Å². The molecule has 82 valence electrons. The predicted molar refractivity (Wildman–Crippen MR) is 62.0 cm³/mol. The standard InChI is InChI=1S/C13H14N2O/c1-9(2)10-3-4-11-12(7-10)16-8-13-14-5-6-15(11)13/h3-7,9H,8H2,1-2H3. The third kappa shape index (κ3) is 1.32. The lowest BCUT2D eigenvalue weighted by atomic mass is 10.0. The summed E-state index contributed by atoms with van der Waals surface area (Å²) in [5.41, 5.74) is 2.39. The Hall–Kier alpha value is -1.77. The Labute approximate surface area is 94.7 Å². The van der Waals surface area contributed by atoms with Gasteiger partial charge in [-0.25, -0.2) is 4.98 Å². The van der Waals surface area contributed by atoms with Crippen molar-refractivity contribution < 1.29 is 4.74 Å². The number of imidazole rings is 1. The lowest BCUT2D eigenvalue weighted by Gasteiger charge is -2.20. The normalized spacial score (nSPS) is 13.2. The van der Waals surface area contributed by atoms with Crippen LogP contribution in [0.1, 0.15) is 31.2 Å². The zero-order valence-corrected chi connectivity index (χ0v) is 9.47. The number of fused-ring (bicyclic) bond motifs is 3. The molecular weight excluding hydrogens is 200 g/mol. The SMILES string of the molecule is CC(C)c1ccc2c(c1)OCc1nccn1-2. The molecule has 0 spiro atoms. The largest absolute Gasteiger partial charge is 0.483 e. The fraction of sp³-hybridized carbons (Fsp3) is 0.308. The van der Waals surface area contributed by atoms with Crippen LogP contribution in [0.3, 0.4) is 0 Å². The van der Waals surface area contributed by atoms with Gasteiger partial charge in [0.1, 0.15) is 12.4 Å². The van der Waals surface area contributed by atoms with Crippen molar-refractivity contribution in [1.29, 1.82) is 0 Å². The molecule has 1 aliphatic heterocycles. The maximum absolute atomic E-state index is 5.72. The molecule has 3 rings (SSSR count). The number of ether oxygens (including phenoxy) is 1. The summed E-state index contributed by atoms with van der Waals surface area (Å²) in [7, 11) is 0. The molecule has 0 aliphatic carbocycles. The van der Waals surface area contributed by atoms with E-state index < -0.39 is 0 Å². The summed E-state index contributed by atoms with van der Waals surface area (Å²) in [4.78, 5) is 4.25. The minimum atomic E-state index is 0.526. The molecular formula is C13H14N2O. The van der Waals surface area contributed by atoms with Gasteiger partial charge < -0.3 is 4.74 Å². The third-order valence-corrected chi connectivity index (χ3v) is 2.98. The monoisotopic (exact) mass is 214 g/mol. The van der Waals surface area contributed by atoms with Crippen molar-refractivity contribution in [2.75, 3.05) is 0 Å². The smallest absolute Gasteiger partial charge is 0.151 e. The molecule has 16 heavy (non-hydrogen) atoms. The quantitative estimate of drug-likeness (QED) is 0.729. The summed E-state index contributed by atoms with van der Waals surface area (Å²) < 4.78 is 7.80. The highest BCUT2D eigenvalue weighted by Gasteiger charge is 2.17. The van der Waals surface area contributed by atoms with Gasteiger partial charge in [0.25, 0.3) is 0 Å². The second-order valence-corrected chi connectivity index (χ2v) is 4.38. The fourth-order valence-corrected chi connectivity index (χ4v) is 2.01. The molecule has 3 nitrogen and oxygen atoms in total. The Morgan fingerprint density at radius 2 is 2.25 bits per heavy atom. The zero-order chi connectivity index (χ0) is 11.1. The Kier molecular flexibility index (Phi) is 1.99. The highest BCUT2D eigenvalue weighted by Crippen LogP contribution is 2.31. The predicted octanol–water partition coefficient (Wildman–Crippen LogP) is 2.89. The van der Waals surface area contributed by atoms with Crippen molar-refractivity contribution in [2.45, 2.75) is 26.4 Å². The van der Waals surface area contributed by atoms with Gasteiger partial charge in [0.15, 0.2) is 5.82 Å². The number of hydrogen-bond donors (Lipinski definition) is 0. The van der Waals surface area contributed by atoms with Gasteiger partial charge in [0, 0.05) is 12.4 Å². The molecule has 0 saturated carbocycles. The van der Waals surface area contributed by atoms with Crippen molar-refractivity contribution in [1.82, 2.24) is 9.55 Å². The van der Waals surface area contributed by atoms with Crippen molar-refractivity contribution in [2.24, 2.45) is 0 Å². The minimum absolute atomic E-state index is 0.526. The summed E-state index contributed by atoms with van der Waals surface area (Å²) in [5, 5.41) is 0. The second-order valence-electron chi connectivity index (χ2n) is 4.38. The first kappa shape index (κ1) is 9.46. The topological polar surface area (TPSA) is 27.1 Å². The van der Waals surface area contributed by atoms with Crippen LogP contribution in [0.15, 0.2) is 30.6 Å². The first-order chi connectivity index (χ1) is 7.75. The van der Waals surface area contributed by atoms with E-state index in [-0.39, 0.29) is 0 Å². The van der Waals surface area contributed by atoms with Crippen LogP contribution in [-0.4, -0.2) is 9.55 Å². The maximum atomic E-state index is 5.72. The minimum Gasteiger partial charge on any atom is -0.483 e. The molecule has 1 aromatic heterocycles. The summed E-state index contributed by atoms with van der Waals surface area (Å²) in [6, 6.07) is 6.39. The molecule has 0 bridgehead atoms. The molecule has 1 aliphatic rings. The number of hydrogen-bond acceptors (Lipinski definition) is 2. The summed E-state index contributed by atoms with van der Waals surface area (Å²) in [6.07, 6.45) is 3.79. The lowest BCUT2D eigenvalue weighted by molar-refractivity contribution is 0.279. The Balaban J connectivity index is 2.14. The van der Waals surface area contributed by atoms with E-state index in [1.807, 2.05) is 12.4 Å². The highest BCUT2D eigenvalue weighted by molar-refractivity contribution is 5.51. The molecule has 2 aromatic rings. The molecule has 0 radical (unpaired) electrons. The molecule has 0 fully saturated rings. The number of aromatic nitrogens is 2. The van der Waals surface area contributed by atoms with Crippen LogP contribution in [0, 0.1) is 0 Å². The van der Waals surface area contributed by atoms with Gasteiger partial charge in [0.2, 0.25) is 0 Å². The zero-order valence-electron chi connectivity index (χ0n) is 9.47. The Bertz CT molecular complexity index is 528. The van der Waals surface area contributed by atoms with Crippen LogP contribution in [0.25, 0.3) is 5.69 Å². The average molecular weight is 214 g/mol. The summed E-state index contributed by atoms with van der Waals surface area (Å²) in [5.74, 6) is 2.44. The van der Waals surface area contributed by atoms with Crippen molar-refractivity contribution in [3.63, 3.8) is 0 Å². The van der Waals surface area contributed by atoms with E-state index in [0.717, 1.165) is 17.3 Å². The van der Waals surface area contributed by atoms with E-state index in [1.165, 1.54) is 5.56 Å². The van der Waals surface area contributed by atoms with Gasteiger partial charge in [-0.3, -0.25) is 4.57 Å². The fourth-order valence-electron chi connectivity index (χ4n) is 2.01. The second kappa shape index (κ2) is 3.37. The number of rotatable bonds is 1. The van der Waals surface area contributed by atoms with E-state index in [1.54, 1.807) is 0 Å². The van der Waals surface area contributed by atoms with Crippen molar-refractivity contribution >= 4 is 0 Å². The van der Waals surface area contributed by atoms with Crippen molar-refractivity contribution in [3.8, 4) is 11.4 Å². The van der Waals surface area contributed by atoms with Gasteiger partial charge in [-0.15, -0.1) is 0 Å². The molecule has 0 amide bonds. The van der Waals surface area contributed by atoms with Crippen molar-refractivity contribution in [3.05, 3.63) is 42.0 Å². The van der Waals surface area contributed by atoms with E-state index in [4.69, 9.17) is 4.74 Å². The van der Waals surface area contributed by atoms with Gasteiger partial charge >= 0.3 is 0 Å². The molecule has 0 unspecified atom stereocenters. The molecule has 0 atom stereocenters. The third-order valence-electron chi connectivity index (χ3n) is 2.98. The van der Waals surface area contributed by atoms with Gasteiger partial charge in [-0.05, 0) is 23.6 Å². The Morgan fingerprint density at radius 3 is 3.06 bits per heavy atom. The molecule has 2 heterocycles. The first-order valence-electron chi connectivity index (χ1n) is 5.55. The molecule has 0 N–H and O–H groups in total. The van der Waals surface area contributed by atoms with E-state index in [2.05, 4.69) is 41.6 Å². The van der Waals surface area contributed by atoms with E-state index in [0.29, 0.717) is 12.5 Å². The van der Waals surface area contributed by atoms with Crippen LogP contribution in [0.2, 0.25) is 0 Å². The first-order valence-corrected chi connectivity index (χ1v) is 5.55.